The third-order valence-electron chi connectivity index (χ3n) is 5.05. The molecule has 0 spiro atoms. The molecule has 0 atom stereocenters. The van der Waals surface area contributed by atoms with Crippen molar-refractivity contribution in [3.63, 3.8) is 0 Å². The number of aryl methyl sites for hydroxylation is 2. The highest BCUT2D eigenvalue weighted by atomic mass is 32.2. The highest BCUT2D eigenvalue weighted by molar-refractivity contribution is 7.99. The molecule has 0 unspecified atom stereocenters. The Labute approximate surface area is 191 Å². The molecular weight excluding hydrogens is 422 g/mol. The molecule has 2 aromatic heterocycles. The van der Waals surface area contributed by atoms with Crippen LogP contribution in [0.5, 0.6) is 0 Å². The van der Waals surface area contributed by atoms with E-state index in [4.69, 9.17) is 4.98 Å². The Morgan fingerprint density at radius 2 is 1.94 bits per heavy atom. The molecule has 2 heterocycles. The number of hydrogen-bond donors (Lipinski definition) is 0. The number of amides is 1. The molecule has 0 N–H and O–H groups in total. The molecule has 0 aliphatic rings. The van der Waals surface area contributed by atoms with Crippen molar-refractivity contribution in [3.05, 3.63) is 83.2 Å². The number of hydrogen-bond acceptors (Lipinski definition) is 5. The molecule has 4 nitrogen and oxygen atoms in total. The van der Waals surface area contributed by atoms with E-state index in [2.05, 4.69) is 44.8 Å². The van der Waals surface area contributed by atoms with Crippen LogP contribution in [0.2, 0.25) is 0 Å². The Hall–Kier alpha value is -2.70. The lowest BCUT2D eigenvalue weighted by Gasteiger charge is -2.20. The van der Waals surface area contributed by atoms with Gasteiger partial charge in [-0.3, -0.25) is 14.7 Å². The van der Waals surface area contributed by atoms with E-state index in [0.29, 0.717) is 22.5 Å². The van der Waals surface area contributed by atoms with Gasteiger partial charge in [-0.15, -0.1) is 11.8 Å². The van der Waals surface area contributed by atoms with E-state index in [0.717, 1.165) is 26.4 Å². The number of aromatic nitrogens is 2. The minimum Gasteiger partial charge on any atom is -0.278 e. The molecule has 6 heteroatoms. The molecule has 4 aromatic rings. The molecule has 0 saturated heterocycles. The molecule has 1 amide bonds. The van der Waals surface area contributed by atoms with Crippen LogP contribution in [0.4, 0.5) is 5.13 Å². The summed E-state index contributed by atoms with van der Waals surface area (Å²) in [6.07, 6.45) is 1.75. The van der Waals surface area contributed by atoms with Crippen LogP contribution in [-0.2, 0) is 6.54 Å². The average molecular weight is 448 g/mol. The van der Waals surface area contributed by atoms with E-state index in [9.17, 15) is 4.79 Å². The average Bonchev–Trinajstić information content (AvgIpc) is 3.19. The van der Waals surface area contributed by atoms with Crippen LogP contribution in [0.1, 0.15) is 41.0 Å². The first kappa shape index (κ1) is 21.5. The minimum atomic E-state index is -0.0645. The summed E-state index contributed by atoms with van der Waals surface area (Å²) in [6, 6.07) is 17.8. The normalized spacial score (nSPS) is 11.3. The van der Waals surface area contributed by atoms with Gasteiger partial charge in [-0.05, 0) is 61.4 Å². The summed E-state index contributed by atoms with van der Waals surface area (Å²) in [7, 11) is 0. The number of thioether (sulfide) groups is 1. The largest absolute Gasteiger partial charge is 0.278 e. The van der Waals surface area contributed by atoms with Crippen LogP contribution < -0.4 is 4.90 Å². The fourth-order valence-electron chi connectivity index (χ4n) is 3.34. The van der Waals surface area contributed by atoms with Gasteiger partial charge in [0.25, 0.3) is 5.91 Å². The van der Waals surface area contributed by atoms with Crippen molar-refractivity contribution in [2.45, 2.75) is 44.4 Å². The number of benzene rings is 2. The monoisotopic (exact) mass is 447 g/mol. The highest BCUT2D eigenvalue weighted by Gasteiger charge is 2.23. The lowest BCUT2D eigenvalue weighted by atomic mass is 10.1. The fourth-order valence-corrected chi connectivity index (χ4v) is 5.26. The van der Waals surface area contributed by atoms with Crippen LogP contribution in [0.25, 0.3) is 10.2 Å². The van der Waals surface area contributed by atoms with Crippen LogP contribution in [0.15, 0.2) is 65.7 Å². The van der Waals surface area contributed by atoms with Gasteiger partial charge < -0.3 is 0 Å². The zero-order valence-corrected chi connectivity index (χ0v) is 19.8. The second-order valence-corrected chi connectivity index (χ2v) is 10.4. The number of anilines is 1. The molecule has 4 rings (SSSR count). The van der Waals surface area contributed by atoms with Gasteiger partial charge in [0.2, 0.25) is 0 Å². The highest BCUT2D eigenvalue weighted by Crippen LogP contribution is 2.33. The van der Waals surface area contributed by atoms with Crippen molar-refractivity contribution in [1.29, 1.82) is 0 Å². The Morgan fingerprint density at radius 3 is 2.68 bits per heavy atom. The predicted octanol–water partition coefficient (Wildman–Crippen LogP) is 6.66. The SMILES string of the molecule is Cc1ccc2sc(N(Cc3ccccn3)C(=O)c3cccc(SC(C)C)c3)nc2c1C. The minimum absolute atomic E-state index is 0.0645. The number of carbonyl (C=O) groups is 1. The summed E-state index contributed by atoms with van der Waals surface area (Å²) in [4.78, 5) is 25.8. The van der Waals surface area contributed by atoms with Crippen LogP contribution in [0, 0.1) is 13.8 Å². The van der Waals surface area contributed by atoms with Gasteiger partial charge in [0.15, 0.2) is 5.13 Å². The van der Waals surface area contributed by atoms with Crippen molar-refractivity contribution >= 4 is 44.4 Å². The molecule has 31 heavy (non-hydrogen) atoms. The molecule has 0 aliphatic heterocycles. The molecule has 0 aliphatic carbocycles. The van der Waals surface area contributed by atoms with E-state index in [1.165, 1.54) is 5.56 Å². The van der Waals surface area contributed by atoms with Crippen molar-refractivity contribution in [2.75, 3.05) is 4.90 Å². The maximum absolute atomic E-state index is 13.7. The van der Waals surface area contributed by atoms with Gasteiger partial charge in [0, 0.05) is 21.9 Å². The summed E-state index contributed by atoms with van der Waals surface area (Å²) >= 11 is 3.30. The van der Waals surface area contributed by atoms with E-state index in [-0.39, 0.29) is 5.91 Å². The number of fused-ring (bicyclic) bond motifs is 1. The zero-order chi connectivity index (χ0) is 22.0. The van der Waals surface area contributed by atoms with Gasteiger partial charge >= 0.3 is 0 Å². The van der Waals surface area contributed by atoms with E-state index in [1.807, 2.05) is 42.5 Å². The molecule has 0 saturated carbocycles. The smallest absolute Gasteiger partial charge is 0.260 e. The molecule has 0 radical (unpaired) electrons. The fraction of sp³-hybridized carbons (Fsp3) is 0.240. The Balaban J connectivity index is 1.76. The number of carbonyl (C=O) groups excluding carboxylic acids is 1. The molecule has 158 valence electrons. The Kier molecular flexibility index (Phi) is 6.39. The first-order chi connectivity index (χ1) is 14.9. The van der Waals surface area contributed by atoms with Crippen molar-refractivity contribution in [1.82, 2.24) is 9.97 Å². The molecule has 2 aromatic carbocycles. The topological polar surface area (TPSA) is 46.1 Å². The lowest BCUT2D eigenvalue weighted by Crippen LogP contribution is -2.30. The summed E-state index contributed by atoms with van der Waals surface area (Å²) in [5.74, 6) is -0.0645. The first-order valence-electron chi connectivity index (χ1n) is 10.3. The number of rotatable bonds is 6. The maximum atomic E-state index is 13.7. The molecule has 0 bridgehead atoms. The van der Waals surface area contributed by atoms with Gasteiger partial charge in [-0.25, -0.2) is 4.98 Å². The number of nitrogens with zero attached hydrogens (tertiary/aromatic N) is 3. The van der Waals surface area contributed by atoms with Crippen LogP contribution >= 0.6 is 23.1 Å². The van der Waals surface area contributed by atoms with Crippen molar-refractivity contribution in [3.8, 4) is 0 Å². The van der Waals surface area contributed by atoms with Gasteiger partial charge in [0.1, 0.15) is 0 Å². The van der Waals surface area contributed by atoms with Gasteiger partial charge in [0.05, 0.1) is 22.5 Å². The number of pyridine rings is 1. The quantitative estimate of drug-likeness (QED) is 0.310. The second kappa shape index (κ2) is 9.20. The van der Waals surface area contributed by atoms with Crippen LogP contribution in [0.3, 0.4) is 0 Å². The standard InChI is InChI=1S/C25H25N3OS2/c1-16(2)30-21-10-7-8-19(14-21)24(29)28(15-20-9-5-6-13-26-20)25-27-23-18(4)17(3)11-12-22(23)31-25/h5-14,16H,15H2,1-4H3. The van der Waals surface area contributed by atoms with Gasteiger partial charge in [-0.1, -0.05) is 43.4 Å². The Morgan fingerprint density at radius 1 is 1.10 bits per heavy atom. The Bertz CT molecular complexity index is 1220. The third kappa shape index (κ3) is 4.81. The molecular formula is C25H25N3OS2. The summed E-state index contributed by atoms with van der Waals surface area (Å²) in [5.41, 5.74) is 4.80. The summed E-state index contributed by atoms with van der Waals surface area (Å²) in [6.45, 7) is 8.84. The number of thiazole rings is 1. The third-order valence-corrected chi connectivity index (χ3v) is 7.09. The van der Waals surface area contributed by atoms with Crippen LogP contribution in [-0.4, -0.2) is 21.1 Å². The van der Waals surface area contributed by atoms with E-state index >= 15 is 0 Å². The summed E-state index contributed by atoms with van der Waals surface area (Å²) in [5, 5.41) is 1.15. The van der Waals surface area contributed by atoms with E-state index < -0.39 is 0 Å². The predicted molar refractivity (Wildman–Crippen MR) is 131 cm³/mol. The lowest BCUT2D eigenvalue weighted by molar-refractivity contribution is 0.0984. The van der Waals surface area contributed by atoms with Crippen molar-refractivity contribution < 1.29 is 4.79 Å². The van der Waals surface area contributed by atoms with Crippen molar-refractivity contribution in [2.24, 2.45) is 0 Å². The zero-order valence-electron chi connectivity index (χ0n) is 18.1. The van der Waals surface area contributed by atoms with Gasteiger partial charge in [-0.2, -0.15) is 0 Å². The second-order valence-electron chi connectivity index (χ2n) is 7.76. The van der Waals surface area contributed by atoms with E-state index in [1.54, 1.807) is 34.2 Å². The molecule has 0 fully saturated rings. The maximum Gasteiger partial charge on any atom is 0.260 e. The summed E-state index contributed by atoms with van der Waals surface area (Å²) < 4.78 is 1.08. The first-order valence-corrected chi connectivity index (χ1v) is 12.0.